The molecule has 1 amide bonds. The second kappa shape index (κ2) is 5.11. The summed E-state index contributed by atoms with van der Waals surface area (Å²) in [6, 6.07) is 12.5. The fourth-order valence-electron chi connectivity index (χ4n) is 1.65. The first kappa shape index (κ1) is 11.8. The van der Waals surface area contributed by atoms with Crippen LogP contribution >= 0.6 is 0 Å². The summed E-state index contributed by atoms with van der Waals surface area (Å²) in [5.41, 5.74) is 1.55. The molecule has 0 N–H and O–H groups in total. The minimum absolute atomic E-state index is 0.189. The van der Waals surface area contributed by atoms with Crippen molar-refractivity contribution in [3.8, 4) is 6.07 Å². The molecule has 2 aromatic rings. The number of rotatable bonds is 2. The third-order valence-electron chi connectivity index (χ3n) is 2.60. The molecule has 4 heteroatoms. The molecule has 0 bridgehead atoms. The van der Waals surface area contributed by atoms with Crippen LogP contribution in [0.15, 0.2) is 48.8 Å². The summed E-state index contributed by atoms with van der Waals surface area (Å²) in [6.45, 7) is 0. The zero-order chi connectivity index (χ0) is 13.0. The summed E-state index contributed by atoms with van der Waals surface area (Å²) in [4.78, 5) is 17.6. The number of para-hydroxylation sites is 1. The van der Waals surface area contributed by atoms with Crippen molar-refractivity contribution in [3.63, 3.8) is 0 Å². The largest absolute Gasteiger partial charge is 0.310 e. The van der Waals surface area contributed by atoms with Crippen molar-refractivity contribution < 1.29 is 4.79 Å². The smallest absolute Gasteiger partial charge is 0.259 e. The summed E-state index contributed by atoms with van der Waals surface area (Å²) in [7, 11) is 1.64. The van der Waals surface area contributed by atoms with E-state index in [1.54, 1.807) is 49.6 Å². The van der Waals surface area contributed by atoms with Gasteiger partial charge in [0.1, 0.15) is 6.07 Å². The number of anilines is 1. The Hall–Kier alpha value is -2.67. The molecule has 0 aliphatic rings. The minimum Gasteiger partial charge on any atom is -0.310 e. The van der Waals surface area contributed by atoms with Crippen LogP contribution in [0.5, 0.6) is 0 Å². The van der Waals surface area contributed by atoms with Crippen molar-refractivity contribution in [1.29, 1.82) is 5.26 Å². The fraction of sp³-hybridized carbons (Fsp3) is 0.0714. The van der Waals surface area contributed by atoms with E-state index in [0.29, 0.717) is 16.8 Å². The predicted octanol–water partition coefficient (Wildman–Crippen LogP) is 2.23. The summed E-state index contributed by atoms with van der Waals surface area (Å²) in [6.07, 6.45) is 3.12. The lowest BCUT2D eigenvalue weighted by Gasteiger charge is -2.18. The van der Waals surface area contributed by atoms with E-state index in [9.17, 15) is 4.79 Å². The predicted molar refractivity (Wildman–Crippen MR) is 68.1 cm³/mol. The van der Waals surface area contributed by atoms with Gasteiger partial charge in [0, 0.05) is 19.4 Å². The molecule has 0 saturated carbocycles. The molecule has 1 aromatic heterocycles. The minimum atomic E-state index is -0.189. The molecule has 0 fully saturated rings. The number of nitriles is 1. The Morgan fingerprint density at radius 3 is 2.72 bits per heavy atom. The van der Waals surface area contributed by atoms with Crippen LogP contribution in [0.1, 0.15) is 15.9 Å². The summed E-state index contributed by atoms with van der Waals surface area (Å²) in [5.74, 6) is -0.189. The molecule has 0 spiro atoms. The van der Waals surface area contributed by atoms with Gasteiger partial charge in [-0.05, 0) is 24.3 Å². The lowest BCUT2D eigenvalue weighted by molar-refractivity contribution is 0.0992. The lowest BCUT2D eigenvalue weighted by atomic mass is 10.1. The fourth-order valence-corrected chi connectivity index (χ4v) is 1.65. The van der Waals surface area contributed by atoms with E-state index >= 15 is 0 Å². The average Bonchev–Trinajstić information content (AvgIpc) is 2.46. The number of pyridine rings is 1. The van der Waals surface area contributed by atoms with E-state index in [-0.39, 0.29) is 5.91 Å². The summed E-state index contributed by atoms with van der Waals surface area (Å²) < 4.78 is 0. The highest BCUT2D eigenvalue weighted by Gasteiger charge is 2.15. The van der Waals surface area contributed by atoms with E-state index in [4.69, 9.17) is 5.26 Å². The highest BCUT2D eigenvalue weighted by atomic mass is 16.2. The molecular weight excluding hydrogens is 226 g/mol. The maximum atomic E-state index is 12.2. The van der Waals surface area contributed by atoms with Crippen molar-refractivity contribution in [2.24, 2.45) is 0 Å². The van der Waals surface area contributed by atoms with E-state index < -0.39 is 0 Å². The number of hydrogen-bond donors (Lipinski definition) is 0. The Morgan fingerprint density at radius 2 is 2.06 bits per heavy atom. The molecule has 4 nitrogen and oxygen atoms in total. The standard InChI is InChI=1S/C14H11N3O/c1-17(13-7-3-2-5-11(13)9-15)14(18)12-6-4-8-16-10-12/h2-8,10H,1H3. The van der Waals surface area contributed by atoms with Crippen LogP contribution in [0.2, 0.25) is 0 Å². The molecule has 0 unspecified atom stereocenters. The summed E-state index contributed by atoms with van der Waals surface area (Å²) in [5, 5.41) is 9.02. The van der Waals surface area contributed by atoms with Crippen molar-refractivity contribution in [1.82, 2.24) is 4.98 Å². The van der Waals surface area contributed by atoms with Gasteiger partial charge in [-0.3, -0.25) is 9.78 Å². The number of hydrogen-bond acceptors (Lipinski definition) is 3. The van der Waals surface area contributed by atoms with Gasteiger partial charge in [-0.25, -0.2) is 0 Å². The second-order valence-electron chi connectivity index (χ2n) is 3.73. The second-order valence-corrected chi connectivity index (χ2v) is 3.73. The van der Waals surface area contributed by atoms with E-state index in [1.807, 2.05) is 0 Å². The Balaban J connectivity index is 2.35. The van der Waals surface area contributed by atoms with Gasteiger partial charge in [0.25, 0.3) is 5.91 Å². The topological polar surface area (TPSA) is 57.0 Å². The zero-order valence-electron chi connectivity index (χ0n) is 9.87. The van der Waals surface area contributed by atoms with E-state index in [1.165, 1.54) is 11.1 Å². The number of amides is 1. The number of carbonyl (C=O) groups is 1. The molecule has 0 aliphatic carbocycles. The van der Waals surface area contributed by atoms with E-state index in [2.05, 4.69) is 11.1 Å². The van der Waals surface area contributed by atoms with Crippen molar-refractivity contribution >= 4 is 11.6 Å². The first-order chi connectivity index (χ1) is 8.74. The highest BCUT2D eigenvalue weighted by Crippen LogP contribution is 2.19. The maximum Gasteiger partial charge on any atom is 0.259 e. The summed E-state index contributed by atoms with van der Waals surface area (Å²) >= 11 is 0. The van der Waals surface area contributed by atoms with Crippen LogP contribution in [0, 0.1) is 11.3 Å². The third kappa shape index (κ3) is 2.20. The molecule has 0 aliphatic heterocycles. The molecule has 0 radical (unpaired) electrons. The SMILES string of the molecule is CN(C(=O)c1cccnc1)c1ccccc1C#N. The van der Waals surface area contributed by atoms with Gasteiger partial charge in [-0.1, -0.05) is 12.1 Å². The molecule has 1 aromatic carbocycles. The number of nitrogens with zero attached hydrogens (tertiary/aromatic N) is 3. The van der Waals surface area contributed by atoms with E-state index in [0.717, 1.165) is 0 Å². The molecule has 2 rings (SSSR count). The van der Waals surface area contributed by atoms with Crippen LogP contribution in [0.4, 0.5) is 5.69 Å². The highest BCUT2D eigenvalue weighted by molar-refractivity contribution is 6.06. The molecular formula is C14H11N3O. The molecule has 1 heterocycles. The monoisotopic (exact) mass is 237 g/mol. The van der Waals surface area contributed by atoms with Gasteiger partial charge in [0.15, 0.2) is 0 Å². The third-order valence-corrected chi connectivity index (χ3v) is 2.60. The lowest BCUT2D eigenvalue weighted by Crippen LogP contribution is -2.27. The van der Waals surface area contributed by atoms with Crippen molar-refractivity contribution in [2.75, 3.05) is 11.9 Å². The maximum absolute atomic E-state index is 12.2. The Labute approximate surface area is 105 Å². The normalized spacial score (nSPS) is 9.56. The van der Waals surface area contributed by atoms with Crippen molar-refractivity contribution in [3.05, 3.63) is 59.9 Å². The first-order valence-corrected chi connectivity index (χ1v) is 5.41. The molecule has 0 saturated heterocycles. The Bertz CT molecular complexity index is 602. The van der Waals surface area contributed by atoms with Crippen LogP contribution < -0.4 is 4.90 Å². The van der Waals surface area contributed by atoms with Gasteiger partial charge in [0.05, 0.1) is 16.8 Å². The van der Waals surface area contributed by atoms with Gasteiger partial charge in [-0.15, -0.1) is 0 Å². The van der Waals surface area contributed by atoms with Crippen LogP contribution in [0.25, 0.3) is 0 Å². The number of carbonyl (C=O) groups excluding carboxylic acids is 1. The quantitative estimate of drug-likeness (QED) is 0.804. The van der Waals surface area contributed by atoms with Gasteiger partial charge < -0.3 is 4.90 Å². The van der Waals surface area contributed by atoms with Crippen LogP contribution in [0.3, 0.4) is 0 Å². The zero-order valence-corrected chi connectivity index (χ0v) is 9.87. The van der Waals surface area contributed by atoms with Crippen LogP contribution in [-0.2, 0) is 0 Å². The van der Waals surface area contributed by atoms with Crippen LogP contribution in [-0.4, -0.2) is 17.9 Å². The molecule has 0 atom stereocenters. The van der Waals surface area contributed by atoms with Gasteiger partial charge in [0.2, 0.25) is 0 Å². The van der Waals surface area contributed by atoms with Gasteiger partial charge >= 0.3 is 0 Å². The van der Waals surface area contributed by atoms with Gasteiger partial charge in [-0.2, -0.15) is 5.26 Å². The number of benzene rings is 1. The average molecular weight is 237 g/mol. The molecule has 18 heavy (non-hydrogen) atoms. The molecule has 88 valence electrons. The Kier molecular flexibility index (Phi) is 3.35. The Morgan fingerprint density at radius 1 is 1.28 bits per heavy atom. The number of aromatic nitrogens is 1. The van der Waals surface area contributed by atoms with Crippen molar-refractivity contribution in [2.45, 2.75) is 0 Å². The first-order valence-electron chi connectivity index (χ1n) is 5.41.